The normalized spacial score (nSPS) is 12.9. The molecule has 0 heterocycles. The summed E-state index contributed by atoms with van der Waals surface area (Å²) in [6, 6.07) is 12.0. The number of methoxy groups -OCH3 is 1. The highest BCUT2D eigenvalue weighted by atomic mass is 19.4. The van der Waals surface area contributed by atoms with Crippen LogP contribution < -0.4 is 10.1 Å². The minimum absolute atomic E-state index is 0.299. The van der Waals surface area contributed by atoms with Gasteiger partial charge in [0.1, 0.15) is 5.75 Å². The van der Waals surface area contributed by atoms with E-state index in [1.165, 1.54) is 12.1 Å². The molecule has 0 aliphatic rings. The van der Waals surface area contributed by atoms with Gasteiger partial charge in [0.25, 0.3) is 0 Å². The minimum Gasteiger partial charge on any atom is -0.497 e. The van der Waals surface area contributed by atoms with Crippen LogP contribution in [0.3, 0.4) is 0 Å². The molecule has 6 heteroatoms. The van der Waals surface area contributed by atoms with Gasteiger partial charge in [0, 0.05) is 13.1 Å². The molecule has 0 radical (unpaired) electrons. The standard InChI is InChI=1S/C17H18F3NO2/c1-23-15-8-4-13(5-9-15)16(22)11-21-10-12-2-6-14(7-3-12)17(18,19)20/h2-9,16,21-22H,10-11H2,1H3. The Morgan fingerprint density at radius 1 is 1.04 bits per heavy atom. The van der Waals surface area contributed by atoms with E-state index in [2.05, 4.69) is 5.32 Å². The highest BCUT2D eigenvalue weighted by Gasteiger charge is 2.29. The first kappa shape index (κ1) is 17.3. The van der Waals surface area contributed by atoms with Crippen molar-refractivity contribution < 1.29 is 23.0 Å². The second-order valence-corrected chi connectivity index (χ2v) is 5.11. The van der Waals surface area contributed by atoms with Crippen LogP contribution in [0.4, 0.5) is 13.2 Å². The molecule has 1 atom stereocenters. The van der Waals surface area contributed by atoms with Crippen LogP contribution in [0.2, 0.25) is 0 Å². The third-order valence-electron chi connectivity index (χ3n) is 3.45. The number of hydrogen-bond acceptors (Lipinski definition) is 3. The summed E-state index contributed by atoms with van der Waals surface area (Å²) in [6.07, 6.45) is -5.02. The van der Waals surface area contributed by atoms with E-state index in [0.717, 1.165) is 23.3 Å². The molecular formula is C17H18F3NO2. The van der Waals surface area contributed by atoms with Gasteiger partial charge in [0.05, 0.1) is 18.8 Å². The Labute approximate surface area is 132 Å². The molecule has 0 amide bonds. The van der Waals surface area contributed by atoms with Crippen molar-refractivity contribution >= 4 is 0 Å². The van der Waals surface area contributed by atoms with Gasteiger partial charge < -0.3 is 15.2 Å². The minimum atomic E-state index is -4.32. The summed E-state index contributed by atoms with van der Waals surface area (Å²) in [5, 5.41) is 13.1. The SMILES string of the molecule is COc1ccc(C(O)CNCc2ccc(C(F)(F)F)cc2)cc1. The molecule has 2 aromatic rings. The highest BCUT2D eigenvalue weighted by molar-refractivity contribution is 5.28. The first-order valence-electron chi connectivity index (χ1n) is 7.09. The number of halogens is 3. The monoisotopic (exact) mass is 325 g/mol. The van der Waals surface area contributed by atoms with Gasteiger partial charge in [-0.3, -0.25) is 0 Å². The van der Waals surface area contributed by atoms with Gasteiger partial charge in [-0.25, -0.2) is 0 Å². The fourth-order valence-electron chi connectivity index (χ4n) is 2.11. The van der Waals surface area contributed by atoms with Crippen molar-refractivity contribution in [2.24, 2.45) is 0 Å². The Morgan fingerprint density at radius 2 is 1.65 bits per heavy atom. The summed E-state index contributed by atoms with van der Waals surface area (Å²) in [7, 11) is 1.57. The first-order valence-corrected chi connectivity index (χ1v) is 7.09. The Bertz CT molecular complexity index is 609. The molecule has 0 saturated carbocycles. The third kappa shape index (κ3) is 4.97. The third-order valence-corrected chi connectivity index (χ3v) is 3.45. The lowest BCUT2D eigenvalue weighted by molar-refractivity contribution is -0.137. The average Bonchev–Trinajstić information content (AvgIpc) is 2.54. The van der Waals surface area contributed by atoms with Crippen molar-refractivity contribution in [3.8, 4) is 5.75 Å². The molecular weight excluding hydrogens is 307 g/mol. The maximum atomic E-state index is 12.5. The zero-order valence-electron chi connectivity index (χ0n) is 12.6. The number of rotatable bonds is 6. The predicted molar refractivity (Wildman–Crippen MR) is 81.1 cm³/mol. The second-order valence-electron chi connectivity index (χ2n) is 5.11. The summed E-state index contributed by atoms with van der Waals surface area (Å²) in [5.74, 6) is 0.707. The second kappa shape index (κ2) is 7.48. The van der Waals surface area contributed by atoms with Crippen LogP contribution in [0.25, 0.3) is 0 Å². The van der Waals surface area contributed by atoms with Crippen molar-refractivity contribution in [1.82, 2.24) is 5.32 Å². The van der Waals surface area contributed by atoms with Crippen LogP contribution in [-0.4, -0.2) is 18.8 Å². The lowest BCUT2D eigenvalue weighted by atomic mass is 10.1. The van der Waals surface area contributed by atoms with Crippen molar-refractivity contribution in [2.45, 2.75) is 18.8 Å². The Balaban J connectivity index is 1.84. The van der Waals surface area contributed by atoms with Gasteiger partial charge in [0.15, 0.2) is 0 Å². The molecule has 0 saturated heterocycles. The van der Waals surface area contributed by atoms with Crippen molar-refractivity contribution in [1.29, 1.82) is 0 Å². The number of nitrogens with one attached hydrogen (secondary N) is 1. The number of alkyl halides is 3. The number of hydrogen-bond donors (Lipinski definition) is 2. The molecule has 1 unspecified atom stereocenters. The van der Waals surface area contributed by atoms with Crippen molar-refractivity contribution in [2.75, 3.05) is 13.7 Å². The fraction of sp³-hybridized carbons (Fsp3) is 0.294. The summed E-state index contributed by atoms with van der Waals surface area (Å²) in [4.78, 5) is 0. The van der Waals surface area contributed by atoms with Gasteiger partial charge in [-0.15, -0.1) is 0 Å². The molecule has 0 spiro atoms. The quantitative estimate of drug-likeness (QED) is 0.854. The molecule has 0 aliphatic heterocycles. The van der Waals surface area contributed by atoms with Gasteiger partial charge in [-0.2, -0.15) is 13.2 Å². The topological polar surface area (TPSA) is 41.5 Å². The van der Waals surface area contributed by atoms with Crippen LogP contribution in [0.15, 0.2) is 48.5 Å². The molecule has 0 aliphatic carbocycles. The van der Waals surface area contributed by atoms with Crippen LogP contribution in [0.1, 0.15) is 22.8 Å². The average molecular weight is 325 g/mol. The van der Waals surface area contributed by atoms with Gasteiger partial charge in [-0.05, 0) is 35.4 Å². The van der Waals surface area contributed by atoms with E-state index in [1.54, 1.807) is 31.4 Å². The summed E-state index contributed by atoms with van der Waals surface area (Å²) in [6.45, 7) is 0.679. The molecule has 0 fully saturated rings. The summed E-state index contributed by atoms with van der Waals surface area (Å²) >= 11 is 0. The number of benzene rings is 2. The highest BCUT2D eigenvalue weighted by Crippen LogP contribution is 2.29. The Hall–Kier alpha value is -2.05. The summed E-state index contributed by atoms with van der Waals surface area (Å²) in [5.41, 5.74) is 0.796. The van der Waals surface area contributed by atoms with Crippen LogP contribution in [-0.2, 0) is 12.7 Å². The van der Waals surface area contributed by atoms with E-state index >= 15 is 0 Å². The van der Waals surface area contributed by atoms with Gasteiger partial charge in [-0.1, -0.05) is 24.3 Å². The molecule has 2 rings (SSSR count). The van der Waals surface area contributed by atoms with Gasteiger partial charge in [0.2, 0.25) is 0 Å². The molecule has 2 aromatic carbocycles. The molecule has 0 bridgehead atoms. The zero-order chi connectivity index (χ0) is 16.9. The van der Waals surface area contributed by atoms with Crippen LogP contribution in [0.5, 0.6) is 5.75 Å². The van der Waals surface area contributed by atoms with Crippen molar-refractivity contribution in [3.63, 3.8) is 0 Å². The van der Waals surface area contributed by atoms with E-state index in [0.29, 0.717) is 18.8 Å². The fourth-order valence-corrected chi connectivity index (χ4v) is 2.11. The van der Waals surface area contributed by atoms with E-state index in [4.69, 9.17) is 4.74 Å². The number of ether oxygens (including phenoxy) is 1. The molecule has 23 heavy (non-hydrogen) atoms. The molecule has 3 nitrogen and oxygen atoms in total. The lowest BCUT2D eigenvalue weighted by Gasteiger charge is -2.13. The van der Waals surface area contributed by atoms with Crippen molar-refractivity contribution in [3.05, 3.63) is 65.2 Å². The maximum absolute atomic E-state index is 12.5. The molecule has 0 aromatic heterocycles. The smallest absolute Gasteiger partial charge is 0.416 e. The molecule has 124 valence electrons. The predicted octanol–water partition coefficient (Wildman–Crippen LogP) is 3.54. The molecule has 2 N–H and O–H groups in total. The van der Waals surface area contributed by atoms with E-state index in [-0.39, 0.29) is 0 Å². The largest absolute Gasteiger partial charge is 0.497 e. The van der Waals surface area contributed by atoms with E-state index in [1.807, 2.05) is 0 Å². The maximum Gasteiger partial charge on any atom is 0.416 e. The zero-order valence-corrected chi connectivity index (χ0v) is 12.6. The number of aliphatic hydroxyl groups is 1. The van der Waals surface area contributed by atoms with Crippen LogP contribution >= 0.6 is 0 Å². The van der Waals surface area contributed by atoms with E-state index in [9.17, 15) is 18.3 Å². The van der Waals surface area contributed by atoms with Crippen LogP contribution in [0, 0.1) is 0 Å². The first-order chi connectivity index (χ1) is 10.9. The van der Waals surface area contributed by atoms with Gasteiger partial charge >= 0.3 is 6.18 Å². The Morgan fingerprint density at radius 3 is 2.17 bits per heavy atom. The number of aliphatic hydroxyl groups excluding tert-OH is 1. The summed E-state index contributed by atoms with van der Waals surface area (Å²) < 4.78 is 42.4. The Kier molecular flexibility index (Phi) is 5.63. The van der Waals surface area contributed by atoms with E-state index < -0.39 is 17.8 Å². The lowest BCUT2D eigenvalue weighted by Crippen LogP contribution is -2.21.